The van der Waals surface area contributed by atoms with Crippen molar-refractivity contribution in [2.24, 2.45) is 0 Å². The average Bonchev–Trinajstić information content (AvgIpc) is 3.03. The lowest BCUT2D eigenvalue weighted by molar-refractivity contribution is -0.137. The van der Waals surface area contributed by atoms with Gasteiger partial charge in [0.05, 0.1) is 17.4 Å². The highest BCUT2D eigenvalue weighted by molar-refractivity contribution is 8.00. The first-order valence-electron chi connectivity index (χ1n) is 8.15. The van der Waals surface area contributed by atoms with Gasteiger partial charge in [0, 0.05) is 11.8 Å². The second-order valence-electron chi connectivity index (χ2n) is 5.71. The van der Waals surface area contributed by atoms with Gasteiger partial charge in [0.15, 0.2) is 16.6 Å². The lowest BCUT2D eigenvalue weighted by Crippen LogP contribution is -2.14. The molecular formula is C18H16F3N3O2S. The standard InChI is InChI=1S/C18H16F3N3O2S/c1-3-26-14-7-4-12(5-8-14)16(25)11(2)27-17-23-22-15-9-6-13(10-24(15)17)18(19,20)21/h4-11H,3H2,1-2H3. The Hall–Kier alpha value is -2.55. The summed E-state index contributed by atoms with van der Waals surface area (Å²) in [5, 5.41) is 7.44. The average molecular weight is 395 g/mol. The van der Waals surface area contributed by atoms with Gasteiger partial charge in [0.25, 0.3) is 0 Å². The van der Waals surface area contributed by atoms with Crippen molar-refractivity contribution in [1.82, 2.24) is 14.6 Å². The van der Waals surface area contributed by atoms with Crippen LogP contribution in [0.3, 0.4) is 0 Å². The smallest absolute Gasteiger partial charge is 0.417 e. The maximum Gasteiger partial charge on any atom is 0.417 e. The van der Waals surface area contributed by atoms with Crippen molar-refractivity contribution < 1.29 is 22.7 Å². The molecule has 3 rings (SSSR count). The predicted molar refractivity (Wildman–Crippen MR) is 95.2 cm³/mol. The number of alkyl halides is 3. The summed E-state index contributed by atoms with van der Waals surface area (Å²) in [5.74, 6) is 0.504. The highest BCUT2D eigenvalue weighted by atomic mass is 32.2. The van der Waals surface area contributed by atoms with E-state index in [-0.39, 0.29) is 16.6 Å². The third-order valence-electron chi connectivity index (χ3n) is 3.80. The molecule has 1 aromatic carbocycles. The number of carbonyl (C=O) groups is 1. The molecule has 0 radical (unpaired) electrons. The molecule has 0 spiro atoms. The lowest BCUT2D eigenvalue weighted by atomic mass is 10.1. The number of hydrogen-bond donors (Lipinski definition) is 0. The van der Waals surface area contributed by atoms with Crippen LogP contribution in [0.1, 0.15) is 29.8 Å². The first-order chi connectivity index (χ1) is 12.8. The number of fused-ring (bicyclic) bond motifs is 1. The Bertz CT molecular complexity index is 955. The third kappa shape index (κ3) is 4.24. The van der Waals surface area contributed by atoms with E-state index in [1.165, 1.54) is 10.5 Å². The summed E-state index contributed by atoms with van der Waals surface area (Å²) in [6, 6.07) is 8.93. The maximum atomic E-state index is 12.9. The van der Waals surface area contributed by atoms with Crippen LogP contribution in [-0.4, -0.2) is 32.2 Å². The zero-order valence-corrected chi connectivity index (χ0v) is 15.3. The number of Topliss-reactive ketones (excluding diaryl/α,β-unsaturated/α-hetero) is 1. The third-order valence-corrected chi connectivity index (χ3v) is 4.86. The van der Waals surface area contributed by atoms with Crippen LogP contribution >= 0.6 is 11.8 Å². The Morgan fingerprint density at radius 2 is 1.89 bits per heavy atom. The topological polar surface area (TPSA) is 56.5 Å². The molecule has 0 aliphatic heterocycles. The van der Waals surface area contributed by atoms with E-state index in [0.29, 0.717) is 17.9 Å². The van der Waals surface area contributed by atoms with Gasteiger partial charge >= 0.3 is 6.18 Å². The molecular weight excluding hydrogens is 379 g/mol. The lowest BCUT2D eigenvalue weighted by Gasteiger charge is -2.11. The summed E-state index contributed by atoms with van der Waals surface area (Å²) in [6.07, 6.45) is -3.53. The van der Waals surface area contributed by atoms with Gasteiger partial charge in [0.2, 0.25) is 0 Å². The minimum absolute atomic E-state index is 0.160. The second-order valence-corrected chi connectivity index (χ2v) is 7.02. The molecule has 1 atom stereocenters. The predicted octanol–water partition coefficient (Wildman–Crippen LogP) is 4.51. The van der Waals surface area contributed by atoms with Crippen LogP contribution in [0, 0.1) is 0 Å². The Morgan fingerprint density at radius 1 is 1.19 bits per heavy atom. The molecule has 142 valence electrons. The number of nitrogens with zero attached hydrogens (tertiary/aromatic N) is 3. The minimum atomic E-state index is -4.47. The Morgan fingerprint density at radius 3 is 2.52 bits per heavy atom. The van der Waals surface area contributed by atoms with Gasteiger partial charge in [-0.1, -0.05) is 11.8 Å². The number of ketones is 1. The number of hydrogen-bond acceptors (Lipinski definition) is 5. The van der Waals surface area contributed by atoms with E-state index in [1.807, 2.05) is 6.92 Å². The molecule has 9 heteroatoms. The van der Waals surface area contributed by atoms with Crippen LogP contribution in [-0.2, 0) is 6.18 Å². The van der Waals surface area contributed by atoms with Crippen molar-refractivity contribution in [2.75, 3.05) is 6.61 Å². The molecule has 0 fully saturated rings. The molecule has 3 aromatic rings. The summed E-state index contributed by atoms with van der Waals surface area (Å²) in [7, 11) is 0. The highest BCUT2D eigenvalue weighted by Crippen LogP contribution is 2.31. The number of thioether (sulfide) groups is 1. The molecule has 2 aromatic heterocycles. The van der Waals surface area contributed by atoms with Crippen LogP contribution in [0.25, 0.3) is 5.65 Å². The summed E-state index contributed by atoms with van der Waals surface area (Å²) >= 11 is 1.06. The van der Waals surface area contributed by atoms with Gasteiger partial charge in [0.1, 0.15) is 5.75 Å². The Kier molecular flexibility index (Phi) is 5.41. The van der Waals surface area contributed by atoms with Crippen molar-refractivity contribution in [3.63, 3.8) is 0 Å². The van der Waals surface area contributed by atoms with Crippen LogP contribution in [0.2, 0.25) is 0 Å². The van der Waals surface area contributed by atoms with Gasteiger partial charge in [-0.15, -0.1) is 10.2 Å². The largest absolute Gasteiger partial charge is 0.494 e. The van der Waals surface area contributed by atoms with E-state index >= 15 is 0 Å². The summed E-state index contributed by atoms with van der Waals surface area (Å²) in [5.41, 5.74) is -0.0309. The number of carbonyl (C=O) groups excluding carboxylic acids is 1. The normalized spacial score (nSPS) is 12.9. The molecule has 0 saturated heterocycles. The van der Waals surface area contributed by atoms with E-state index in [4.69, 9.17) is 4.74 Å². The van der Waals surface area contributed by atoms with E-state index in [1.54, 1.807) is 31.2 Å². The van der Waals surface area contributed by atoms with E-state index < -0.39 is 17.0 Å². The molecule has 0 amide bonds. The van der Waals surface area contributed by atoms with Gasteiger partial charge in [-0.2, -0.15) is 13.2 Å². The molecule has 0 bridgehead atoms. The number of ether oxygens (including phenoxy) is 1. The molecule has 0 saturated carbocycles. The van der Waals surface area contributed by atoms with E-state index in [0.717, 1.165) is 24.0 Å². The van der Waals surface area contributed by atoms with Crippen LogP contribution < -0.4 is 4.74 Å². The summed E-state index contributed by atoms with van der Waals surface area (Å²) in [6.45, 7) is 4.07. The number of benzene rings is 1. The molecule has 0 N–H and O–H groups in total. The quantitative estimate of drug-likeness (QED) is 0.454. The number of halogens is 3. The SMILES string of the molecule is CCOc1ccc(C(=O)C(C)Sc2nnc3ccc(C(F)(F)F)cn23)cc1. The fourth-order valence-electron chi connectivity index (χ4n) is 2.45. The van der Waals surface area contributed by atoms with Crippen LogP contribution in [0.5, 0.6) is 5.75 Å². The monoisotopic (exact) mass is 395 g/mol. The van der Waals surface area contributed by atoms with Crippen molar-refractivity contribution in [2.45, 2.75) is 30.4 Å². The molecule has 5 nitrogen and oxygen atoms in total. The maximum absolute atomic E-state index is 12.9. The van der Waals surface area contributed by atoms with Crippen molar-refractivity contribution in [3.8, 4) is 5.75 Å². The van der Waals surface area contributed by atoms with E-state index in [9.17, 15) is 18.0 Å². The van der Waals surface area contributed by atoms with Crippen molar-refractivity contribution in [1.29, 1.82) is 0 Å². The van der Waals surface area contributed by atoms with Gasteiger partial charge in [-0.05, 0) is 50.2 Å². The first kappa shape index (κ1) is 19.2. The van der Waals surface area contributed by atoms with Crippen LogP contribution in [0.15, 0.2) is 47.8 Å². The van der Waals surface area contributed by atoms with Crippen molar-refractivity contribution >= 4 is 23.2 Å². The second kappa shape index (κ2) is 7.59. The number of pyridine rings is 1. The molecule has 0 aliphatic carbocycles. The van der Waals surface area contributed by atoms with Gasteiger partial charge in [-0.25, -0.2) is 0 Å². The fourth-order valence-corrected chi connectivity index (χ4v) is 3.35. The zero-order valence-electron chi connectivity index (χ0n) is 14.5. The summed E-state index contributed by atoms with van der Waals surface area (Å²) < 4.78 is 45.4. The van der Waals surface area contributed by atoms with Gasteiger partial charge < -0.3 is 4.74 Å². The van der Waals surface area contributed by atoms with Crippen molar-refractivity contribution in [3.05, 3.63) is 53.7 Å². The van der Waals surface area contributed by atoms with Crippen LogP contribution in [0.4, 0.5) is 13.2 Å². The minimum Gasteiger partial charge on any atom is -0.494 e. The molecule has 0 aliphatic rings. The van der Waals surface area contributed by atoms with Gasteiger partial charge in [-0.3, -0.25) is 9.20 Å². The Balaban J connectivity index is 1.80. The number of rotatable bonds is 6. The summed E-state index contributed by atoms with van der Waals surface area (Å²) in [4.78, 5) is 12.6. The first-order valence-corrected chi connectivity index (χ1v) is 9.03. The number of aromatic nitrogens is 3. The fraction of sp³-hybridized carbons (Fsp3) is 0.278. The molecule has 2 heterocycles. The Labute approximate surface area is 157 Å². The zero-order chi connectivity index (χ0) is 19.6. The molecule has 27 heavy (non-hydrogen) atoms. The highest BCUT2D eigenvalue weighted by Gasteiger charge is 2.31. The molecule has 1 unspecified atom stereocenters. The van der Waals surface area contributed by atoms with E-state index in [2.05, 4.69) is 10.2 Å².